The SMILES string of the molecule is CCCN1C(=O)[C@H](CC(C)C)NC(=O)[C@@H](N(C)C(=O)[C@@H](NC(=O)[C@@H]2C[C@@H](F)CN2C(=O)[C@@](C)(O)C(F)(F)F)C2CC2)CCCCNC(=O)C(C)(C)NC(=O)[C@@H]1Cc1cccc(Cl)c1. The highest BCUT2D eigenvalue weighted by atomic mass is 35.5. The summed E-state index contributed by atoms with van der Waals surface area (Å²) in [5.41, 5.74) is -4.68. The Hall–Kier alpha value is -4.52. The fourth-order valence-electron chi connectivity index (χ4n) is 7.98. The lowest BCUT2D eigenvalue weighted by molar-refractivity contribution is -0.250. The quantitative estimate of drug-likeness (QED) is 0.197. The number of rotatable bonds is 12. The van der Waals surface area contributed by atoms with Crippen molar-refractivity contribution in [3.8, 4) is 0 Å². The Labute approximate surface area is 370 Å². The summed E-state index contributed by atoms with van der Waals surface area (Å²) in [6.07, 6.45) is -5.83. The average Bonchev–Trinajstić information content (AvgIpc) is 3.96. The lowest BCUT2D eigenvalue weighted by Crippen LogP contribution is -2.63. The van der Waals surface area contributed by atoms with Gasteiger partial charge in [0.05, 0.1) is 6.54 Å². The van der Waals surface area contributed by atoms with E-state index in [-0.39, 0.29) is 51.6 Å². The third-order valence-corrected chi connectivity index (χ3v) is 12.1. The van der Waals surface area contributed by atoms with Gasteiger partial charge in [0.25, 0.3) is 5.91 Å². The fourth-order valence-corrected chi connectivity index (χ4v) is 8.19. The number of hydrogen-bond acceptors (Lipinski definition) is 8. The van der Waals surface area contributed by atoms with Gasteiger partial charge in [0.1, 0.15) is 41.9 Å². The minimum absolute atomic E-state index is 0.0206. The molecular weight excluding hydrogens is 854 g/mol. The molecule has 20 heteroatoms. The van der Waals surface area contributed by atoms with E-state index in [1.54, 1.807) is 38.1 Å². The fraction of sp³-hybridized carbons (Fsp3) is 0.698. The molecule has 2 heterocycles. The molecule has 2 saturated heterocycles. The molecule has 2 aliphatic heterocycles. The Kier molecular flexibility index (Phi) is 17.0. The lowest BCUT2D eigenvalue weighted by Gasteiger charge is -2.37. The molecule has 0 spiro atoms. The number of hydrogen-bond donors (Lipinski definition) is 5. The smallest absolute Gasteiger partial charge is 0.373 e. The highest BCUT2D eigenvalue weighted by Crippen LogP contribution is 2.36. The van der Waals surface area contributed by atoms with Crippen molar-refractivity contribution in [1.82, 2.24) is 36.0 Å². The van der Waals surface area contributed by atoms with Gasteiger partial charge < -0.3 is 41.1 Å². The summed E-state index contributed by atoms with van der Waals surface area (Å²) in [7, 11) is 1.34. The monoisotopic (exact) mass is 915 g/mol. The number of benzene rings is 1. The number of carbonyl (C=O) groups is 7. The van der Waals surface area contributed by atoms with Gasteiger partial charge in [0, 0.05) is 38.0 Å². The Balaban J connectivity index is 1.68. The third-order valence-electron chi connectivity index (χ3n) is 11.8. The van der Waals surface area contributed by atoms with Crippen LogP contribution in [0.1, 0.15) is 98.5 Å². The van der Waals surface area contributed by atoms with Crippen LogP contribution in [-0.4, -0.2) is 142 Å². The molecule has 3 aliphatic rings. The van der Waals surface area contributed by atoms with Gasteiger partial charge in [0.15, 0.2) is 0 Å². The third kappa shape index (κ3) is 12.8. The highest BCUT2D eigenvalue weighted by Gasteiger charge is 2.59. The largest absolute Gasteiger partial charge is 0.426 e. The molecule has 0 radical (unpaired) electrons. The molecule has 1 aromatic rings. The summed E-state index contributed by atoms with van der Waals surface area (Å²) in [6, 6.07) is 0.131. The Morgan fingerprint density at radius 1 is 1.06 bits per heavy atom. The molecule has 0 bridgehead atoms. The lowest BCUT2D eigenvalue weighted by atomic mass is 9.96. The number of amides is 7. The second-order valence-electron chi connectivity index (χ2n) is 18.1. The summed E-state index contributed by atoms with van der Waals surface area (Å²) in [5.74, 6) is -6.74. The van der Waals surface area contributed by atoms with Crippen molar-refractivity contribution in [3.63, 3.8) is 0 Å². The molecule has 1 saturated carbocycles. The molecule has 15 nitrogen and oxygen atoms in total. The molecule has 1 aliphatic carbocycles. The molecule has 7 atom stereocenters. The van der Waals surface area contributed by atoms with E-state index in [0.717, 1.165) is 4.90 Å². The van der Waals surface area contributed by atoms with Crippen molar-refractivity contribution in [3.05, 3.63) is 34.9 Å². The van der Waals surface area contributed by atoms with E-state index in [1.807, 2.05) is 20.8 Å². The summed E-state index contributed by atoms with van der Waals surface area (Å²) in [4.78, 5) is 101. The summed E-state index contributed by atoms with van der Waals surface area (Å²) < 4.78 is 55.5. The van der Waals surface area contributed by atoms with E-state index < -0.39 is 114 Å². The van der Waals surface area contributed by atoms with E-state index >= 15 is 0 Å². The van der Waals surface area contributed by atoms with Gasteiger partial charge in [-0.3, -0.25) is 33.6 Å². The molecule has 4 rings (SSSR count). The van der Waals surface area contributed by atoms with Crippen LogP contribution < -0.4 is 21.3 Å². The second kappa shape index (κ2) is 21.0. The van der Waals surface area contributed by atoms with Gasteiger partial charge >= 0.3 is 6.18 Å². The van der Waals surface area contributed by atoms with E-state index in [1.165, 1.54) is 11.9 Å². The first-order valence-electron chi connectivity index (χ1n) is 21.6. The Morgan fingerprint density at radius 2 is 1.73 bits per heavy atom. The molecular formula is C43H62ClF4N7O8. The second-order valence-corrected chi connectivity index (χ2v) is 18.5. The first-order chi connectivity index (χ1) is 29.3. The van der Waals surface area contributed by atoms with Crippen LogP contribution >= 0.6 is 11.6 Å². The van der Waals surface area contributed by atoms with E-state index in [4.69, 9.17) is 11.6 Å². The maximum absolute atomic E-state index is 14.8. The van der Waals surface area contributed by atoms with Crippen LogP contribution in [0.5, 0.6) is 0 Å². The normalized spacial score (nSPS) is 25.7. The molecule has 63 heavy (non-hydrogen) atoms. The van der Waals surface area contributed by atoms with Gasteiger partial charge in [0.2, 0.25) is 41.0 Å². The van der Waals surface area contributed by atoms with Crippen molar-refractivity contribution in [2.45, 2.75) is 153 Å². The van der Waals surface area contributed by atoms with Crippen LogP contribution in [-0.2, 0) is 40.0 Å². The maximum Gasteiger partial charge on any atom is 0.426 e. The van der Waals surface area contributed by atoms with Crippen LogP contribution in [0.2, 0.25) is 5.02 Å². The first-order valence-corrected chi connectivity index (χ1v) is 21.9. The zero-order valence-electron chi connectivity index (χ0n) is 36.9. The first kappa shape index (κ1) is 51.1. The van der Waals surface area contributed by atoms with Crippen molar-refractivity contribution in [2.75, 3.05) is 26.7 Å². The van der Waals surface area contributed by atoms with Crippen LogP contribution in [0.3, 0.4) is 0 Å². The number of nitrogens with zero attached hydrogens (tertiary/aromatic N) is 3. The van der Waals surface area contributed by atoms with E-state index in [0.29, 0.717) is 41.2 Å². The standard InChI is InChI=1S/C43H62ClF4N7O8/c1-8-18-54-31(21-25-12-11-13-27(44)20-25)36(58)52-41(4,5)39(61)49-17-10-9-14-30(34(56)50-29(37(54)59)19-24(2)3)53(7)38(60)33(26-15-16-26)51-35(57)32-22-28(45)23-55(32)40(62)42(6,63)43(46,47)48/h11-13,20,24,26,28-33,63H,8-10,14-19,21-23H2,1-7H3,(H,49,61)(H,50,56)(H,51,57)(H,52,58)/t28-,29+,30+,31+,32+,33+,42-/m1/s1. The predicted molar refractivity (Wildman–Crippen MR) is 224 cm³/mol. The minimum Gasteiger partial charge on any atom is -0.373 e. The van der Waals surface area contributed by atoms with Gasteiger partial charge in [-0.05, 0) is 95.2 Å². The van der Waals surface area contributed by atoms with E-state index in [9.17, 15) is 56.2 Å². The topological polar surface area (TPSA) is 198 Å². The van der Waals surface area contributed by atoms with Gasteiger partial charge in [-0.2, -0.15) is 13.2 Å². The Morgan fingerprint density at radius 3 is 2.32 bits per heavy atom. The number of halogens is 5. The van der Waals surface area contributed by atoms with Crippen LogP contribution in [0.4, 0.5) is 17.6 Å². The number of nitrogens with one attached hydrogen (secondary N) is 4. The van der Waals surface area contributed by atoms with Gasteiger partial charge in [-0.25, -0.2) is 4.39 Å². The van der Waals surface area contributed by atoms with Crippen molar-refractivity contribution < 1.29 is 56.2 Å². The molecule has 0 aromatic heterocycles. The molecule has 5 N–H and O–H groups in total. The molecule has 1 aromatic carbocycles. The molecule has 7 amide bonds. The number of aliphatic hydroxyl groups is 1. The number of carbonyl (C=O) groups excluding carboxylic acids is 7. The van der Waals surface area contributed by atoms with Crippen molar-refractivity contribution in [1.29, 1.82) is 0 Å². The maximum atomic E-state index is 14.8. The highest BCUT2D eigenvalue weighted by molar-refractivity contribution is 6.30. The van der Waals surface area contributed by atoms with E-state index in [2.05, 4.69) is 21.3 Å². The van der Waals surface area contributed by atoms with Crippen LogP contribution in [0.25, 0.3) is 0 Å². The number of alkyl halides is 4. The zero-order chi connectivity index (χ0) is 47.2. The predicted octanol–water partition coefficient (Wildman–Crippen LogP) is 3.19. The molecule has 0 unspecified atom stereocenters. The average molecular weight is 916 g/mol. The van der Waals surface area contributed by atoms with Crippen molar-refractivity contribution >= 4 is 53.0 Å². The summed E-state index contributed by atoms with van der Waals surface area (Å²) in [5, 5.41) is 21.5. The van der Waals surface area contributed by atoms with Gasteiger partial charge in [-0.15, -0.1) is 0 Å². The van der Waals surface area contributed by atoms with Crippen LogP contribution in [0, 0.1) is 11.8 Å². The van der Waals surface area contributed by atoms with Crippen LogP contribution in [0.15, 0.2) is 24.3 Å². The summed E-state index contributed by atoms with van der Waals surface area (Å²) in [6.45, 7) is 8.18. The molecule has 3 fully saturated rings. The summed E-state index contributed by atoms with van der Waals surface area (Å²) >= 11 is 6.30. The number of likely N-dealkylation sites (N-methyl/N-ethyl adjacent to an activating group) is 1. The zero-order valence-corrected chi connectivity index (χ0v) is 37.7. The minimum atomic E-state index is -5.43. The van der Waals surface area contributed by atoms with Gasteiger partial charge in [-0.1, -0.05) is 44.5 Å². The molecule has 352 valence electrons. The Bertz CT molecular complexity index is 1860. The van der Waals surface area contributed by atoms with Crippen molar-refractivity contribution in [2.24, 2.45) is 11.8 Å². The number of likely N-dealkylation sites (tertiary alicyclic amines) is 1.